The zero-order chi connectivity index (χ0) is 25.7. The smallest absolute Gasteiger partial charge is 0.130 e. The van der Waals surface area contributed by atoms with Gasteiger partial charge in [-0.15, -0.1) is 0 Å². The topological polar surface area (TPSA) is 84.5 Å². The Morgan fingerprint density at radius 1 is 0.730 bits per heavy atom. The summed E-state index contributed by atoms with van der Waals surface area (Å²) in [5, 5.41) is 18.9. The zero-order valence-corrected chi connectivity index (χ0v) is 20.5. The highest BCUT2D eigenvalue weighted by Crippen LogP contribution is 2.29. The van der Waals surface area contributed by atoms with Crippen molar-refractivity contribution >= 4 is 0 Å². The summed E-state index contributed by atoms with van der Waals surface area (Å²) < 4.78 is 24.7. The number of nitriles is 2. The normalized spacial score (nSPS) is 16.8. The Morgan fingerprint density at radius 2 is 1.24 bits per heavy atom. The Bertz CT molecular complexity index is 1260. The molecule has 1 aliphatic rings. The maximum Gasteiger partial charge on any atom is 0.130 e. The first kappa shape index (κ1) is 25.9. The zero-order valence-electron chi connectivity index (χ0n) is 20.5. The van der Waals surface area contributed by atoms with Crippen LogP contribution in [0, 0.1) is 22.7 Å². The molecular weight excluding hydrogens is 464 g/mol. The van der Waals surface area contributed by atoms with E-state index in [1.54, 1.807) is 0 Å². The Kier molecular flexibility index (Phi) is 9.63. The molecule has 0 saturated heterocycles. The van der Waals surface area contributed by atoms with Crippen LogP contribution in [0.5, 0.6) is 0 Å². The molecule has 2 atom stereocenters. The molecule has 1 aliphatic heterocycles. The van der Waals surface area contributed by atoms with Gasteiger partial charge in [0.15, 0.2) is 0 Å². The number of hydrogen-bond acceptors (Lipinski definition) is 6. The van der Waals surface area contributed by atoms with E-state index in [0.717, 1.165) is 16.7 Å². The lowest BCUT2D eigenvalue weighted by molar-refractivity contribution is -0.110. The molecule has 186 valence electrons. The van der Waals surface area contributed by atoms with Crippen LogP contribution in [0.1, 0.15) is 16.7 Å². The SMILES string of the molecule is N#CC(C#N)=CC1=C(COCc2ccccc2)OC[C@@H](OCc2ccccc2)[C@H]1OCc1ccccc1. The molecule has 0 aliphatic carbocycles. The summed E-state index contributed by atoms with van der Waals surface area (Å²) in [5.74, 6) is 0.525. The van der Waals surface area contributed by atoms with Crippen LogP contribution in [0.3, 0.4) is 0 Å². The summed E-state index contributed by atoms with van der Waals surface area (Å²) in [6, 6.07) is 33.4. The minimum absolute atomic E-state index is 0.0452. The van der Waals surface area contributed by atoms with Crippen LogP contribution in [0.25, 0.3) is 0 Å². The van der Waals surface area contributed by atoms with E-state index in [-0.39, 0.29) is 18.8 Å². The Morgan fingerprint density at radius 3 is 1.78 bits per heavy atom. The van der Waals surface area contributed by atoms with E-state index in [1.807, 2.05) is 103 Å². The van der Waals surface area contributed by atoms with Gasteiger partial charge in [-0.2, -0.15) is 10.5 Å². The maximum absolute atomic E-state index is 9.47. The van der Waals surface area contributed by atoms with Crippen molar-refractivity contribution in [3.8, 4) is 12.1 Å². The van der Waals surface area contributed by atoms with Gasteiger partial charge in [0.1, 0.15) is 48.9 Å². The van der Waals surface area contributed by atoms with E-state index in [4.69, 9.17) is 18.9 Å². The summed E-state index contributed by atoms with van der Waals surface area (Å²) in [7, 11) is 0. The highest BCUT2D eigenvalue weighted by molar-refractivity contribution is 5.44. The van der Waals surface area contributed by atoms with Crippen LogP contribution in [-0.2, 0) is 38.8 Å². The Labute approximate surface area is 217 Å². The molecule has 37 heavy (non-hydrogen) atoms. The molecule has 6 heteroatoms. The van der Waals surface area contributed by atoms with Crippen molar-refractivity contribution in [3.63, 3.8) is 0 Å². The molecule has 0 spiro atoms. The summed E-state index contributed by atoms with van der Waals surface area (Å²) in [4.78, 5) is 0. The van der Waals surface area contributed by atoms with Gasteiger partial charge in [0.05, 0.1) is 19.8 Å². The molecule has 0 fully saturated rings. The van der Waals surface area contributed by atoms with Crippen molar-refractivity contribution in [2.24, 2.45) is 0 Å². The van der Waals surface area contributed by atoms with Crippen LogP contribution in [0.15, 0.2) is 114 Å². The molecule has 0 N–H and O–H groups in total. The van der Waals surface area contributed by atoms with Crippen molar-refractivity contribution in [1.29, 1.82) is 10.5 Å². The summed E-state index contributed by atoms with van der Waals surface area (Å²) in [5.41, 5.74) is 3.59. The fourth-order valence-electron chi connectivity index (χ4n) is 3.95. The third-order valence-corrected chi connectivity index (χ3v) is 5.85. The minimum atomic E-state index is -0.565. The van der Waals surface area contributed by atoms with E-state index >= 15 is 0 Å². The second-order valence-corrected chi connectivity index (χ2v) is 8.50. The fourth-order valence-corrected chi connectivity index (χ4v) is 3.95. The average molecular weight is 493 g/mol. The number of hydrogen-bond donors (Lipinski definition) is 0. The lowest BCUT2D eigenvalue weighted by Crippen LogP contribution is -2.41. The van der Waals surface area contributed by atoms with Gasteiger partial charge >= 0.3 is 0 Å². The van der Waals surface area contributed by atoms with Gasteiger partial charge in [-0.05, 0) is 22.8 Å². The molecular formula is C31H28N2O4. The second-order valence-electron chi connectivity index (χ2n) is 8.50. The Balaban J connectivity index is 1.59. The minimum Gasteiger partial charge on any atom is -0.492 e. The molecule has 0 aromatic heterocycles. The van der Waals surface area contributed by atoms with Crippen molar-refractivity contribution in [2.75, 3.05) is 13.2 Å². The lowest BCUT2D eigenvalue weighted by atomic mass is 9.98. The summed E-state index contributed by atoms with van der Waals surface area (Å²) in [6.07, 6.45) is 0.505. The Hall–Kier alpha value is -4.20. The average Bonchev–Trinajstić information content (AvgIpc) is 2.96. The molecule has 1 heterocycles. The fraction of sp³-hybridized carbons (Fsp3) is 0.226. The van der Waals surface area contributed by atoms with Crippen LogP contribution in [0.2, 0.25) is 0 Å². The summed E-state index contributed by atoms with van der Waals surface area (Å²) >= 11 is 0. The molecule has 6 nitrogen and oxygen atoms in total. The maximum atomic E-state index is 9.47. The van der Waals surface area contributed by atoms with Crippen LogP contribution in [-0.4, -0.2) is 25.4 Å². The summed E-state index contributed by atoms with van der Waals surface area (Å²) in [6.45, 7) is 1.53. The van der Waals surface area contributed by atoms with E-state index in [2.05, 4.69) is 0 Å². The molecule has 0 bridgehead atoms. The molecule has 3 aromatic rings. The van der Waals surface area contributed by atoms with Crippen molar-refractivity contribution in [2.45, 2.75) is 32.0 Å². The van der Waals surface area contributed by atoms with E-state index in [0.29, 0.717) is 31.2 Å². The third-order valence-electron chi connectivity index (χ3n) is 5.85. The first-order chi connectivity index (χ1) is 18.3. The van der Waals surface area contributed by atoms with Gasteiger partial charge in [0, 0.05) is 5.57 Å². The monoisotopic (exact) mass is 492 g/mol. The predicted octanol–water partition coefficient (Wildman–Crippen LogP) is 5.63. The predicted molar refractivity (Wildman–Crippen MR) is 138 cm³/mol. The number of rotatable bonds is 11. The molecule has 0 radical (unpaired) electrons. The largest absolute Gasteiger partial charge is 0.492 e. The van der Waals surface area contributed by atoms with Crippen LogP contribution >= 0.6 is 0 Å². The number of allylic oxidation sites excluding steroid dienone is 1. The second kappa shape index (κ2) is 13.8. The van der Waals surface area contributed by atoms with Crippen molar-refractivity contribution < 1.29 is 18.9 Å². The number of benzene rings is 3. The highest BCUT2D eigenvalue weighted by atomic mass is 16.6. The molecule has 0 amide bonds. The van der Waals surface area contributed by atoms with Gasteiger partial charge < -0.3 is 18.9 Å². The van der Waals surface area contributed by atoms with E-state index in [9.17, 15) is 10.5 Å². The molecule has 4 rings (SSSR count). The molecule has 0 unspecified atom stereocenters. The van der Waals surface area contributed by atoms with E-state index in [1.165, 1.54) is 6.08 Å². The number of nitrogens with zero attached hydrogens (tertiary/aromatic N) is 2. The van der Waals surface area contributed by atoms with Crippen LogP contribution < -0.4 is 0 Å². The lowest BCUT2D eigenvalue weighted by Gasteiger charge is -2.34. The molecule has 3 aromatic carbocycles. The van der Waals surface area contributed by atoms with Gasteiger partial charge in [0.25, 0.3) is 0 Å². The van der Waals surface area contributed by atoms with Gasteiger partial charge in [-0.1, -0.05) is 91.0 Å². The van der Waals surface area contributed by atoms with Gasteiger partial charge in [-0.25, -0.2) is 0 Å². The van der Waals surface area contributed by atoms with Gasteiger partial charge in [0.2, 0.25) is 0 Å². The highest BCUT2D eigenvalue weighted by Gasteiger charge is 2.34. The third kappa shape index (κ3) is 7.64. The first-order valence-electron chi connectivity index (χ1n) is 12.1. The standard InChI is InChI=1S/C31H28N2O4/c32-17-27(18-33)16-28-29(22-34-19-24-10-4-1-5-11-24)36-23-30(35-20-25-12-6-2-7-13-25)31(28)37-21-26-14-8-3-9-15-26/h1-16,30-31H,19-23H2/t30-,31+/m1/s1. The molecule has 0 saturated carbocycles. The first-order valence-corrected chi connectivity index (χ1v) is 12.1. The number of ether oxygens (including phenoxy) is 4. The van der Waals surface area contributed by atoms with Crippen LogP contribution in [0.4, 0.5) is 0 Å². The van der Waals surface area contributed by atoms with E-state index < -0.39 is 12.2 Å². The van der Waals surface area contributed by atoms with Crippen molar-refractivity contribution in [1.82, 2.24) is 0 Å². The quantitative estimate of drug-likeness (QED) is 0.323. The van der Waals surface area contributed by atoms with Crippen molar-refractivity contribution in [3.05, 3.63) is 131 Å². The van der Waals surface area contributed by atoms with Gasteiger partial charge in [-0.3, -0.25) is 0 Å².